The highest BCUT2D eigenvalue weighted by Gasteiger charge is 2.38. The van der Waals surface area contributed by atoms with Crippen molar-refractivity contribution in [2.75, 3.05) is 26.2 Å². The normalized spacial score (nSPS) is 20.6. The van der Waals surface area contributed by atoms with Crippen LogP contribution >= 0.6 is 0 Å². The second kappa shape index (κ2) is 9.30. The molecule has 5 N–H and O–H groups in total. The standard InChI is InChI=1S/C22H32N4O5S/c1-15-13-17(20(28)25-8-3-18(27)4-9-25)14-16(2)19(15)5-12-32(30,31)26-10-6-22(24,7-11-26)21(23)29/h5,12-14,18,27H,3-4,6-11,24H2,1-2H3,(H2,23,29). The minimum absolute atomic E-state index is 0.0840. The third-order valence-electron chi connectivity index (χ3n) is 6.46. The number of sulfonamides is 1. The molecule has 176 valence electrons. The van der Waals surface area contributed by atoms with Crippen LogP contribution in [0.2, 0.25) is 0 Å². The quantitative estimate of drug-likeness (QED) is 0.577. The molecule has 0 aromatic heterocycles. The van der Waals surface area contributed by atoms with Gasteiger partial charge in [-0.2, -0.15) is 4.31 Å². The van der Waals surface area contributed by atoms with Gasteiger partial charge in [-0.25, -0.2) is 8.42 Å². The lowest BCUT2D eigenvalue weighted by Gasteiger charge is -2.35. The molecule has 0 bridgehead atoms. The van der Waals surface area contributed by atoms with Crippen molar-refractivity contribution in [1.82, 2.24) is 9.21 Å². The van der Waals surface area contributed by atoms with Crippen LogP contribution in [0.15, 0.2) is 17.5 Å². The molecule has 32 heavy (non-hydrogen) atoms. The number of aliphatic hydroxyl groups is 1. The molecule has 2 amide bonds. The number of benzene rings is 1. The smallest absolute Gasteiger partial charge is 0.253 e. The fraction of sp³-hybridized carbons (Fsp3) is 0.545. The van der Waals surface area contributed by atoms with Gasteiger partial charge in [-0.1, -0.05) is 0 Å². The minimum Gasteiger partial charge on any atom is -0.393 e. The van der Waals surface area contributed by atoms with Crippen LogP contribution in [0.4, 0.5) is 0 Å². The number of aliphatic hydroxyl groups excluding tert-OH is 1. The zero-order chi connectivity index (χ0) is 23.7. The topological polar surface area (TPSA) is 147 Å². The van der Waals surface area contributed by atoms with E-state index < -0.39 is 21.5 Å². The van der Waals surface area contributed by atoms with Crippen molar-refractivity contribution < 1.29 is 23.1 Å². The third kappa shape index (κ3) is 5.20. The number of piperidine rings is 2. The highest BCUT2D eigenvalue weighted by Crippen LogP contribution is 2.24. The molecule has 0 radical (unpaired) electrons. The van der Waals surface area contributed by atoms with E-state index in [0.717, 1.165) is 22.1 Å². The third-order valence-corrected chi connectivity index (χ3v) is 8.03. The summed E-state index contributed by atoms with van der Waals surface area (Å²) in [6.45, 7) is 4.98. The maximum Gasteiger partial charge on any atom is 0.253 e. The SMILES string of the molecule is Cc1cc(C(=O)N2CCC(O)CC2)cc(C)c1C=CS(=O)(=O)N1CCC(N)(C(N)=O)CC1. The number of rotatable bonds is 5. The van der Waals surface area contributed by atoms with Gasteiger partial charge in [0.05, 0.1) is 11.6 Å². The fourth-order valence-electron chi connectivity index (χ4n) is 4.24. The van der Waals surface area contributed by atoms with Gasteiger partial charge in [0.2, 0.25) is 15.9 Å². The van der Waals surface area contributed by atoms with Crippen LogP contribution in [0.1, 0.15) is 52.7 Å². The predicted octanol–water partition coefficient (Wildman–Crippen LogP) is 0.479. The number of likely N-dealkylation sites (tertiary alicyclic amines) is 1. The van der Waals surface area contributed by atoms with Gasteiger partial charge in [0.25, 0.3) is 5.91 Å². The van der Waals surface area contributed by atoms with Crippen LogP contribution in [0.25, 0.3) is 6.08 Å². The summed E-state index contributed by atoms with van der Waals surface area (Å²) in [5.41, 5.74) is 13.0. The Hall–Kier alpha value is -2.27. The zero-order valence-electron chi connectivity index (χ0n) is 18.6. The molecule has 2 saturated heterocycles. The highest BCUT2D eigenvalue weighted by molar-refractivity contribution is 7.92. The van der Waals surface area contributed by atoms with Crippen molar-refractivity contribution in [3.05, 3.63) is 39.8 Å². The summed E-state index contributed by atoms with van der Waals surface area (Å²) in [7, 11) is -3.69. The van der Waals surface area contributed by atoms with E-state index in [0.29, 0.717) is 31.5 Å². The molecule has 1 aromatic carbocycles. The molecule has 3 rings (SSSR count). The van der Waals surface area contributed by atoms with E-state index in [1.165, 1.54) is 4.31 Å². The number of carbonyl (C=O) groups excluding carboxylic acids is 2. The van der Waals surface area contributed by atoms with Gasteiger partial charge >= 0.3 is 0 Å². The van der Waals surface area contributed by atoms with Crippen LogP contribution in [0.3, 0.4) is 0 Å². The number of hydrogen-bond acceptors (Lipinski definition) is 6. The summed E-state index contributed by atoms with van der Waals surface area (Å²) >= 11 is 0. The van der Waals surface area contributed by atoms with Gasteiger partial charge in [0.15, 0.2) is 0 Å². The highest BCUT2D eigenvalue weighted by atomic mass is 32.2. The van der Waals surface area contributed by atoms with E-state index >= 15 is 0 Å². The van der Waals surface area contributed by atoms with E-state index in [1.807, 2.05) is 13.8 Å². The molecular weight excluding hydrogens is 432 g/mol. The molecule has 2 aliphatic heterocycles. The van der Waals surface area contributed by atoms with Gasteiger partial charge in [-0.3, -0.25) is 9.59 Å². The Morgan fingerprint density at radius 2 is 1.62 bits per heavy atom. The average molecular weight is 465 g/mol. The predicted molar refractivity (Wildman–Crippen MR) is 122 cm³/mol. The minimum atomic E-state index is -3.69. The lowest BCUT2D eigenvalue weighted by atomic mass is 9.89. The van der Waals surface area contributed by atoms with Crippen molar-refractivity contribution in [3.8, 4) is 0 Å². The van der Waals surface area contributed by atoms with Gasteiger partial charge in [0, 0.05) is 37.2 Å². The molecule has 0 spiro atoms. The van der Waals surface area contributed by atoms with Crippen molar-refractivity contribution in [1.29, 1.82) is 0 Å². The Labute approximate surface area is 189 Å². The van der Waals surface area contributed by atoms with Crippen molar-refractivity contribution in [3.63, 3.8) is 0 Å². The summed E-state index contributed by atoms with van der Waals surface area (Å²) in [5.74, 6) is -0.703. The van der Waals surface area contributed by atoms with Gasteiger partial charge in [-0.05, 0) is 74.4 Å². The molecule has 0 saturated carbocycles. The lowest BCUT2D eigenvalue weighted by Crippen LogP contribution is -2.58. The number of nitrogens with zero attached hydrogens (tertiary/aromatic N) is 2. The second-order valence-corrected chi connectivity index (χ2v) is 10.6. The number of amides is 2. The van der Waals surface area contributed by atoms with E-state index in [2.05, 4.69) is 0 Å². The first-order valence-corrected chi connectivity index (χ1v) is 12.3. The Morgan fingerprint density at radius 3 is 2.12 bits per heavy atom. The average Bonchev–Trinajstić information content (AvgIpc) is 2.73. The van der Waals surface area contributed by atoms with Crippen LogP contribution < -0.4 is 11.5 Å². The number of carbonyl (C=O) groups is 2. The van der Waals surface area contributed by atoms with E-state index in [4.69, 9.17) is 11.5 Å². The van der Waals surface area contributed by atoms with E-state index in [1.54, 1.807) is 23.1 Å². The summed E-state index contributed by atoms with van der Waals surface area (Å²) in [4.78, 5) is 26.0. The molecule has 1 aromatic rings. The van der Waals surface area contributed by atoms with Crippen LogP contribution in [-0.2, 0) is 14.8 Å². The first kappa shape index (κ1) is 24.4. The first-order valence-electron chi connectivity index (χ1n) is 10.8. The molecule has 0 atom stereocenters. The second-order valence-electron chi connectivity index (χ2n) is 8.81. The largest absolute Gasteiger partial charge is 0.393 e. The summed E-state index contributed by atoms with van der Waals surface area (Å²) in [5, 5.41) is 10.8. The monoisotopic (exact) mass is 464 g/mol. The number of nitrogens with two attached hydrogens (primary N) is 2. The Balaban J connectivity index is 1.73. The summed E-state index contributed by atoms with van der Waals surface area (Å²) < 4.78 is 26.8. The lowest BCUT2D eigenvalue weighted by molar-refractivity contribution is -0.124. The maximum absolute atomic E-state index is 12.8. The van der Waals surface area contributed by atoms with E-state index in [9.17, 15) is 23.1 Å². The molecule has 0 unspecified atom stereocenters. The van der Waals surface area contributed by atoms with Crippen molar-refractivity contribution >= 4 is 27.9 Å². The molecule has 10 heteroatoms. The molecule has 2 heterocycles. The Morgan fingerprint density at radius 1 is 1.09 bits per heavy atom. The number of primary amides is 1. The van der Waals surface area contributed by atoms with Crippen LogP contribution in [0.5, 0.6) is 0 Å². The zero-order valence-corrected chi connectivity index (χ0v) is 19.4. The number of hydrogen-bond donors (Lipinski definition) is 3. The van der Waals surface area contributed by atoms with E-state index in [-0.39, 0.29) is 37.9 Å². The van der Waals surface area contributed by atoms with Crippen molar-refractivity contribution in [2.45, 2.75) is 51.2 Å². The van der Waals surface area contributed by atoms with Crippen LogP contribution in [0, 0.1) is 13.8 Å². The van der Waals surface area contributed by atoms with Gasteiger partial charge in [0.1, 0.15) is 0 Å². The maximum atomic E-state index is 12.8. The van der Waals surface area contributed by atoms with Gasteiger partial charge < -0.3 is 21.5 Å². The van der Waals surface area contributed by atoms with Crippen LogP contribution in [-0.4, -0.2) is 72.4 Å². The molecular formula is C22H32N4O5S. The first-order chi connectivity index (χ1) is 14.9. The molecule has 9 nitrogen and oxygen atoms in total. The molecule has 2 fully saturated rings. The molecule has 2 aliphatic rings. The Bertz CT molecular complexity index is 998. The fourth-order valence-corrected chi connectivity index (χ4v) is 5.41. The van der Waals surface area contributed by atoms with Gasteiger partial charge in [-0.15, -0.1) is 0 Å². The summed E-state index contributed by atoms with van der Waals surface area (Å²) in [6, 6.07) is 3.53. The molecule has 0 aliphatic carbocycles. The summed E-state index contributed by atoms with van der Waals surface area (Å²) in [6.07, 6.45) is 2.70. The Kier molecular flexibility index (Phi) is 7.09. The number of aryl methyl sites for hydroxylation is 2. The van der Waals surface area contributed by atoms with Crippen molar-refractivity contribution in [2.24, 2.45) is 11.5 Å².